The lowest BCUT2D eigenvalue weighted by molar-refractivity contribution is 0.407. The summed E-state index contributed by atoms with van der Waals surface area (Å²) in [6.45, 7) is 15.5. The van der Waals surface area contributed by atoms with E-state index in [1.54, 1.807) is 7.11 Å². The van der Waals surface area contributed by atoms with E-state index in [0.717, 1.165) is 48.0 Å². The molecule has 0 radical (unpaired) electrons. The molecule has 0 saturated heterocycles. The van der Waals surface area contributed by atoms with Crippen molar-refractivity contribution in [2.45, 2.75) is 67.7 Å². The Balaban J connectivity index is 1.93. The third kappa shape index (κ3) is 8.65. The number of methoxy groups -OCH3 is 1. The van der Waals surface area contributed by atoms with E-state index in [-0.39, 0.29) is 0 Å². The minimum absolute atomic E-state index is 0.532. The molecule has 3 rings (SSSR count). The molecular formula is C32H42O3. The molecule has 0 spiro atoms. The molecule has 0 fully saturated rings. The van der Waals surface area contributed by atoms with Crippen LogP contribution in [0.1, 0.15) is 63.8 Å². The number of rotatable bonds is 11. The molecule has 0 aliphatic heterocycles. The Bertz CT molecular complexity index is 1110. The molecule has 3 nitrogen and oxygen atoms in total. The first-order chi connectivity index (χ1) is 16.6. The molecule has 0 heterocycles. The van der Waals surface area contributed by atoms with Crippen LogP contribution in [0.3, 0.4) is 0 Å². The Kier molecular flexibility index (Phi) is 9.26. The highest BCUT2D eigenvalue weighted by Gasteiger charge is 2.11. The van der Waals surface area contributed by atoms with Gasteiger partial charge in [0.25, 0.3) is 0 Å². The molecule has 0 saturated carbocycles. The SMILES string of the molecule is COc1cc(CC(C)C)cc(Oc2cc(CC(C)C)cc(Oc3cc(C)cc(CC(C)C)c3)c2)c1. The number of aryl methyl sites for hydroxylation is 1. The largest absolute Gasteiger partial charge is 0.497 e. The molecule has 35 heavy (non-hydrogen) atoms. The zero-order valence-electron chi connectivity index (χ0n) is 22.8. The normalized spacial score (nSPS) is 11.4. The van der Waals surface area contributed by atoms with E-state index in [4.69, 9.17) is 14.2 Å². The molecule has 0 aliphatic rings. The first-order valence-electron chi connectivity index (χ1n) is 12.9. The second-order valence-electron chi connectivity index (χ2n) is 11.0. The number of benzene rings is 3. The molecule has 0 amide bonds. The van der Waals surface area contributed by atoms with Crippen LogP contribution >= 0.6 is 0 Å². The minimum Gasteiger partial charge on any atom is -0.497 e. The molecule has 3 aromatic rings. The quantitative estimate of drug-likeness (QED) is 0.277. The average Bonchev–Trinajstić information content (AvgIpc) is 2.71. The highest BCUT2D eigenvalue weighted by atomic mass is 16.5. The molecule has 0 bridgehead atoms. The van der Waals surface area contributed by atoms with Crippen molar-refractivity contribution in [2.24, 2.45) is 17.8 Å². The second-order valence-corrected chi connectivity index (χ2v) is 11.0. The van der Waals surface area contributed by atoms with Crippen molar-refractivity contribution in [2.75, 3.05) is 7.11 Å². The third-order valence-corrected chi connectivity index (χ3v) is 5.63. The van der Waals surface area contributed by atoms with Gasteiger partial charge in [-0.15, -0.1) is 0 Å². The van der Waals surface area contributed by atoms with Crippen LogP contribution < -0.4 is 14.2 Å². The Morgan fingerprint density at radius 1 is 0.486 bits per heavy atom. The van der Waals surface area contributed by atoms with Crippen molar-refractivity contribution < 1.29 is 14.2 Å². The summed E-state index contributed by atoms with van der Waals surface area (Å²) in [5.74, 6) is 5.72. The number of ether oxygens (including phenoxy) is 3. The third-order valence-electron chi connectivity index (χ3n) is 5.63. The van der Waals surface area contributed by atoms with Gasteiger partial charge < -0.3 is 14.2 Å². The van der Waals surface area contributed by atoms with Gasteiger partial charge in [-0.2, -0.15) is 0 Å². The van der Waals surface area contributed by atoms with Crippen LogP contribution in [0.5, 0.6) is 28.7 Å². The lowest BCUT2D eigenvalue weighted by Gasteiger charge is -2.16. The zero-order valence-corrected chi connectivity index (χ0v) is 22.8. The van der Waals surface area contributed by atoms with Gasteiger partial charge in [-0.3, -0.25) is 0 Å². The summed E-state index contributed by atoms with van der Waals surface area (Å²) in [6.07, 6.45) is 2.96. The van der Waals surface area contributed by atoms with Crippen molar-refractivity contribution in [1.29, 1.82) is 0 Å². The van der Waals surface area contributed by atoms with E-state index in [9.17, 15) is 0 Å². The number of hydrogen-bond donors (Lipinski definition) is 0. The Hall–Kier alpha value is -2.94. The Labute approximate surface area is 212 Å². The molecule has 188 valence electrons. The highest BCUT2D eigenvalue weighted by molar-refractivity contribution is 5.46. The summed E-state index contributed by atoms with van der Waals surface area (Å²) >= 11 is 0. The van der Waals surface area contributed by atoms with Crippen LogP contribution in [-0.4, -0.2) is 7.11 Å². The zero-order chi connectivity index (χ0) is 25.5. The van der Waals surface area contributed by atoms with Gasteiger partial charge in [0.05, 0.1) is 7.11 Å². The highest BCUT2D eigenvalue weighted by Crippen LogP contribution is 2.34. The fraction of sp³-hybridized carbons (Fsp3) is 0.438. The summed E-state index contributed by atoms with van der Waals surface area (Å²) in [5, 5.41) is 0. The molecule has 0 aromatic heterocycles. The maximum atomic E-state index is 6.40. The maximum Gasteiger partial charge on any atom is 0.131 e. The van der Waals surface area contributed by atoms with Crippen LogP contribution in [0.15, 0.2) is 54.6 Å². The van der Waals surface area contributed by atoms with E-state index in [2.05, 4.69) is 90.9 Å². The van der Waals surface area contributed by atoms with E-state index < -0.39 is 0 Å². The van der Waals surface area contributed by atoms with Crippen LogP contribution in [0.4, 0.5) is 0 Å². The van der Waals surface area contributed by atoms with Gasteiger partial charge in [0.2, 0.25) is 0 Å². The second kappa shape index (κ2) is 12.2. The predicted molar refractivity (Wildman–Crippen MR) is 146 cm³/mol. The van der Waals surface area contributed by atoms with E-state index in [0.29, 0.717) is 17.8 Å². The van der Waals surface area contributed by atoms with Crippen LogP contribution in [0.2, 0.25) is 0 Å². The van der Waals surface area contributed by atoms with Gasteiger partial charge in [-0.05, 0) is 103 Å². The van der Waals surface area contributed by atoms with Gasteiger partial charge in [0.1, 0.15) is 28.7 Å². The van der Waals surface area contributed by atoms with Crippen LogP contribution in [-0.2, 0) is 19.3 Å². The summed E-state index contributed by atoms with van der Waals surface area (Å²) in [7, 11) is 1.70. The summed E-state index contributed by atoms with van der Waals surface area (Å²) in [6, 6.07) is 18.9. The molecule has 0 N–H and O–H groups in total. The topological polar surface area (TPSA) is 27.7 Å². The average molecular weight is 475 g/mol. The fourth-order valence-corrected chi connectivity index (χ4v) is 4.48. The molecule has 3 aromatic carbocycles. The molecule has 0 atom stereocenters. The van der Waals surface area contributed by atoms with Crippen molar-refractivity contribution >= 4 is 0 Å². The lowest BCUT2D eigenvalue weighted by Crippen LogP contribution is -1.98. The Morgan fingerprint density at radius 3 is 1.23 bits per heavy atom. The number of hydrogen-bond acceptors (Lipinski definition) is 3. The van der Waals surface area contributed by atoms with Crippen molar-refractivity contribution in [3.8, 4) is 28.7 Å². The summed E-state index contributed by atoms with van der Waals surface area (Å²) < 4.78 is 18.3. The summed E-state index contributed by atoms with van der Waals surface area (Å²) in [4.78, 5) is 0. The lowest BCUT2D eigenvalue weighted by atomic mass is 10.0. The van der Waals surface area contributed by atoms with E-state index in [1.807, 2.05) is 12.1 Å². The van der Waals surface area contributed by atoms with Crippen molar-refractivity contribution in [3.05, 3.63) is 76.9 Å². The predicted octanol–water partition coefficient (Wildman–Crippen LogP) is 9.18. The fourth-order valence-electron chi connectivity index (χ4n) is 4.48. The van der Waals surface area contributed by atoms with Gasteiger partial charge in [-0.1, -0.05) is 47.6 Å². The van der Waals surface area contributed by atoms with E-state index in [1.165, 1.54) is 22.3 Å². The first kappa shape index (κ1) is 26.7. The monoisotopic (exact) mass is 474 g/mol. The Morgan fingerprint density at radius 2 is 0.829 bits per heavy atom. The van der Waals surface area contributed by atoms with E-state index >= 15 is 0 Å². The molecule has 3 heteroatoms. The standard InChI is InChI=1S/C32H42O3/c1-21(2)9-25-12-24(7)13-29(15-25)34-31-17-27(11-23(5)6)18-32(20-31)35-30-16-26(10-22(3)4)14-28(19-30)33-8/h12-23H,9-11H2,1-8H3. The molecular weight excluding hydrogens is 432 g/mol. The van der Waals surface area contributed by atoms with Gasteiger partial charge in [0.15, 0.2) is 0 Å². The smallest absolute Gasteiger partial charge is 0.131 e. The van der Waals surface area contributed by atoms with Crippen LogP contribution in [0, 0.1) is 24.7 Å². The molecule has 0 unspecified atom stereocenters. The van der Waals surface area contributed by atoms with Crippen LogP contribution in [0.25, 0.3) is 0 Å². The van der Waals surface area contributed by atoms with Crippen molar-refractivity contribution in [1.82, 2.24) is 0 Å². The molecule has 0 aliphatic carbocycles. The van der Waals surface area contributed by atoms with Gasteiger partial charge in [0, 0.05) is 12.1 Å². The van der Waals surface area contributed by atoms with Crippen molar-refractivity contribution in [3.63, 3.8) is 0 Å². The maximum absolute atomic E-state index is 6.40. The van der Waals surface area contributed by atoms with Gasteiger partial charge in [-0.25, -0.2) is 0 Å². The summed E-state index contributed by atoms with van der Waals surface area (Å²) in [5.41, 5.74) is 4.93. The first-order valence-corrected chi connectivity index (χ1v) is 12.9. The minimum atomic E-state index is 0.532. The van der Waals surface area contributed by atoms with Gasteiger partial charge >= 0.3 is 0 Å².